The average Bonchev–Trinajstić information content (AvgIpc) is 3.21. The van der Waals surface area contributed by atoms with Gasteiger partial charge in [0.1, 0.15) is 11.8 Å². The van der Waals surface area contributed by atoms with Crippen molar-refractivity contribution >= 4 is 24.0 Å². The molecule has 9 nitrogen and oxygen atoms in total. The van der Waals surface area contributed by atoms with Gasteiger partial charge in [-0.2, -0.15) is 0 Å². The number of carbonyl (C=O) groups is 4. The van der Waals surface area contributed by atoms with Crippen molar-refractivity contribution in [3.8, 4) is 0 Å². The van der Waals surface area contributed by atoms with Crippen molar-refractivity contribution in [3.63, 3.8) is 0 Å². The van der Waals surface area contributed by atoms with Crippen LogP contribution in [0, 0.1) is 5.92 Å². The molecule has 0 aliphatic carbocycles. The van der Waals surface area contributed by atoms with Gasteiger partial charge >= 0.3 is 11.9 Å². The van der Waals surface area contributed by atoms with Crippen LogP contribution in [0.2, 0.25) is 0 Å². The summed E-state index contributed by atoms with van der Waals surface area (Å²) < 4.78 is 11.6. The van der Waals surface area contributed by atoms with Gasteiger partial charge in [0.05, 0.1) is 6.61 Å². The van der Waals surface area contributed by atoms with E-state index in [1.165, 1.54) is 77.0 Å². The Morgan fingerprint density at radius 2 is 1.05 bits per heavy atom. The molecule has 340 valence electrons. The standard InChI is InChI=1S/C49H93N3O6/c1-7-11-13-17-23-32-45(33-24-18-14-12-8-2)58-48(56)35-26-20-16-22-28-39-52(40-29-37-51-49(43(5)50-6)46(54)42-53)38-27-21-15-19-25-34-47(55)57-41-36-44(30-9-3)31-10-4/h42,44-45,50-51H,7-41H2,1-6H3/b49-43-. The van der Waals surface area contributed by atoms with Gasteiger partial charge in [0, 0.05) is 32.1 Å². The highest BCUT2D eigenvalue weighted by Gasteiger charge is 2.15. The van der Waals surface area contributed by atoms with E-state index in [1.54, 1.807) is 14.0 Å². The molecule has 0 bridgehead atoms. The van der Waals surface area contributed by atoms with Gasteiger partial charge in [0.2, 0.25) is 5.78 Å². The Morgan fingerprint density at radius 1 is 0.569 bits per heavy atom. The Bertz CT molecular complexity index is 1010. The van der Waals surface area contributed by atoms with E-state index in [0.717, 1.165) is 122 Å². The lowest BCUT2D eigenvalue weighted by molar-refractivity contribution is -0.150. The fraction of sp³-hybridized carbons (Fsp3) is 0.878. The van der Waals surface area contributed by atoms with Crippen LogP contribution >= 0.6 is 0 Å². The van der Waals surface area contributed by atoms with Crippen LogP contribution in [0.15, 0.2) is 11.4 Å². The van der Waals surface area contributed by atoms with E-state index in [4.69, 9.17) is 9.47 Å². The average molecular weight is 820 g/mol. The van der Waals surface area contributed by atoms with Gasteiger partial charge in [-0.1, -0.05) is 143 Å². The SMILES string of the molecule is CCCCCCCC(CCCCCCC)OC(=O)CCCCCCCN(CCCCCCCC(=O)OCCC(CCC)CCC)CCCN/C(C(=O)C=O)=C(/C)NC. The predicted octanol–water partition coefficient (Wildman–Crippen LogP) is 12.0. The number of allylic oxidation sites excluding steroid dienone is 2. The van der Waals surface area contributed by atoms with Crippen LogP contribution in [0.1, 0.15) is 227 Å². The number of hydrogen-bond acceptors (Lipinski definition) is 9. The Morgan fingerprint density at radius 3 is 1.57 bits per heavy atom. The Labute approximate surface area is 357 Å². The summed E-state index contributed by atoms with van der Waals surface area (Å²) in [4.78, 5) is 50.9. The monoisotopic (exact) mass is 820 g/mol. The molecule has 58 heavy (non-hydrogen) atoms. The number of esters is 2. The second-order valence-electron chi connectivity index (χ2n) is 16.9. The third-order valence-corrected chi connectivity index (χ3v) is 11.5. The van der Waals surface area contributed by atoms with Crippen molar-refractivity contribution in [2.75, 3.05) is 39.8 Å². The number of rotatable bonds is 44. The first kappa shape index (κ1) is 55.6. The molecule has 0 saturated heterocycles. The number of Topliss-reactive ketones (excluding diaryl/α,β-unsaturated/α-hetero) is 1. The van der Waals surface area contributed by atoms with Crippen LogP contribution in [0.4, 0.5) is 0 Å². The molecular weight excluding hydrogens is 727 g/mol. The highest BCUT2D eigenvalue weighted by atomic mass is 16.5. The molecule has 0 rings (SSSR count). The first-order chi connectivity index (χ1) is 28.3. The van der Waals surface area contributed by atoms with Gasteiger partial charge in [0.25, 0.3) is 0 Å². The maximum Gasteiger partial charge on any atom is 0.306 e. The smallest absolute Gasteiger partial charge is 0.306 e. The highest BCUT2D eigenvalue weighted by Crippen LogP contribution is 2.19. The van der Waals surface area contributed by atoms with Crippen LogP contribution in [0.5, 0.6) is 0 Å². The molecule has 0 aromatic carbocycles. The van der Waals surface area contributed by atoms with Crippen molar-refractivity contribution in [2.24, 2.45) is 5.92 Å². The van der Waals surface area contributed by atoms with Gasteiger partial charge in [-0.15, -0.1) is 0 Å². The van der Waals surface area contributed by atoms with Gasteiger partial charge in [0.15, 0.2) is 6.29 Å². The predicted molar refractivity (Wildman–Crippen MR) is 243 cm³/mol. The summed E-state index contributed by atoms with van der Waals surface area (Å²) in [5.41, 5.74) is 1.01. The lowest BCUT2D eigenvalue weighted by atomic mass is 9.95. The summed E-state index contributed by atoms with van der Waals surface area (Å²) in [6.07, 6.45) is 33.2. The molecule has 0 heterocycles. The van der Waals surface area contributed by atoms with Crippen molar-refractivity contribution < 1.29 is 28.7 Å². The number of carbonyl (C=O) groups excluding carboxylic acids is 4. The van der Waals surface area contributed by atoms with Crippen molar-refractivity contribution in [1.29, 1.82) is 0 Å². The lowest BCUT2D eigenvalue weighted by Crippen LogP contribution is -2.31. The fourth-order valence-corrected chi connectivity index (χ4v) is 7.83. The third kappa shape index (κ3) is 33.4. The number of hydrogen-bond donors (Lipinski definition) is 2. The summed E-state index contributed by atoms with van der Waals surface area (Å²) in [5, 5.41) is 6.15. The van der Waals surface area contributed by atoms with Gasteiger partial charge < -0.3 is 25.0 Å². The zero-order valence-electron chi connectivity index (χ0n) is 38.9. The second-order valence-corrected chi connectivity index (χ2v) is 16.9. The Kier molecular flexibility index (Phi) is 39.6. The molecule has 0 spiro atoms. The number of nitrogens with zero attached hydrogens (tertiary/aromatic N) is 1. The van der Waals surface area contributed by atoms with Crippen LogP contribution in [-0.4, -0.2) is 74.8 Å². The molecule has 0 fully saturated rings. The lowest BCUT2D eigenvalue weighted by Gasteiger charge is -2.23. The van der Waals surface area contributed by atoms with E-state index in [0.29, 0.717) is 49.6 Å². The van der Waals surface area contributed by atoms with E-state index < -0.39 is 5.78 Å². The summed E-state index contributed by atoms with van der Waals surface area (Å²) in [5.74, 6) is 0.0767. The molecule has 0 radical (unpaired) electrons. The minimum Gasteiger partial charge on any atom is -0.466 e. The summed E-state index contributed by atoms with van der Waals surface area (Å²) in [7, 11) is 1.75. The number of ether oxygens (including phenoxy) is 2. The van der Waals surface area contributed by atoms with Gasteiger partial charge in [-0.05, 0) is 96.7 Å². The van der Waals surface area contributed by atoms with Crippen LogP contribution in [0.3, 0.4) is 0 Å². The van der Waals surface area contributed by atoms with E-state index in [-0.39, 0.29) is 18.0 Å². The van der Waals surface area contributed by atoms with E-state index in [1.807, 2.05) is 0 Å². The van der Waals surface area contributed by atoms with Crippen molar-refractivity contribution in [3.05, 3.63) is 11.4 Å². The minimum absolute atomic E-state index is 0.0112. The maximum atomic E-state index is 12.8. The molecule has 0 aromatic rings. The van der Waals surface area contributed by atoms with Crippen LogP contribution in [0.25, 0.3) is 0 Å². The van der Waals surface area contributed by atoms with E-state index in [9.17, 15) is 19.2 Å². The molecule has 0 atom stereocenters. The fourth-order valence-electron chi connectivity index (χ4n) is 7.83. The molecule has 0 aromatic heterocycles. The molecule has 0 aliphatic rings. The van der Waals surface area contributed by atoms with Crippen LogP contribution < -0.4 is 10.6 Å². The number of nitrogens with one attached hydrogen (secondary N) is 2. The van der Waals surface area contributed by atoms with Gasteiger partial charge in [-0.25, -0.2) is 0 Å². The third-order valence-electron chi connectivity index (χ3n) is 11.5. The molecule has 2 N–H and O–H groups in total. The summed E-state index contributed by atoms with van der Waals surface area (Å²) >= 11 is 0. The molecule has 0 unspecified atom stereocenters. The normalized spacial score (nSPS) is 11.9. The van der Waals surface area contributed by atoms with Crippen molar-refractivity contribution in [1.82, 2.24) is 15.5 Å². The zero-order chi connectivity index (χ0) is 42.9. The molecule has 0 saturated carbocycles. The minimum atomic E-state index is -0.534. The van der Waals surface area contributed by atoms with E-state index in [2.05, 4.69) is 43.2 Å². The zero-order valence-corrected chi connectivity index (χ0v) is 38.9. The van der Waals surface area contributed by atoms with Crippen LogP contribution in [-0.2, 0) is 28.7 Å². The van der Waals surface area contributed by atoms with E-state index >= 15 is 0 Å². The summed E-state index contributed by atoms with van der Waals surface area (Å²) in [6.45, 7) is 14.9. The molecule has 0 aliphatic heterocycles. The van der Waals surface area contributed by atoms with Gasteiger partial charge in [-0.3, -0.25) is 19.2 Å². The number of unbranched alkanes of at least 4 members (excludes halogenated alkanes) is 16. The first-order valence-corrected chi connectivity index (χ1v) is 24.4. The quantitative estimate of drug-likeness (QED) is 0.0204. The largest absolute Gasteiger partial charge is 0.466 e. The molecule has 9 heteroatoms. The molecule has 0 amide bonds. The Hall–Kier alpha value is -2.42. The number of aldehydes is 1. The second kappa shape index (κ2) is 41.3. The Balaban J connectivity index is 4.68. The van der Waals surface area contributed by atoms with Crippen molar-refractivity contribution in [2.45, 2.75) is 233 Å². The summed E-state index contributed by atoms with van der Waals surface area (Å²) in [6, 6.07) is 0. The number of ketones is 1. The topological polar surface area (TPSA) is 114 Å². The maximum absolute atomic E-state index is 12.8. The highest BCUT2D eigenvalue weighted by molar-refractivity contribution is 6.32. The first-order valence-electron chi connectivity index (χ1n) is 24.4. The molecular formula is C49H93N3O6.